The van der Waals surface area contributed by atoms with E-state index >= 15 is 0 Å². The lowest BCUT2D eigenvalue weighted by Crippen LogP contribution is -2.27. The third kappa shape index (κ3) is 2.03. The quantitative estimate of drug-likeness (QED) is 0.664. The number of hydrogen-bond donors (Lipinski definition) is 0. The molecule has 0 aliphatic heterocycles. The van der Waals surface area contributed by atoms with Gasteiger partial charge in [0.25, 0.3) is 0 Å². The van der Waals surface area contributed by atoms with Crippen molar-refractivity contribution in [2.75, 3.05) is 0 Å². The van der Waals surface area contributed by atoms with Crippen LogP contribution in [0.5, 0.6) is 0 Å². The maximum absolute atomic E-state index is 4.83. The minimum absolute atomic E-state index is 0.406. The summed E-state index contributed by atoms with van der Waals surface area (Å²) in [5, 5.41) is 1.28. The number of pyridine rings is 1. The topological polar surface area (TPSA) is 12.9 Å². The van der Waals surface area contributed by atoms with Crippen LogP contribution in [-0.4, -0.2) is 4.98 Å². The molecule has 3 rings (SSSR count). The highest BCUT2D eigenvalue weighted by Crippen LogP contribution is 2.37. The third-order valence-corrected chi connectivity index (χ3v) is 4.31. The highest BCUT2D eigenvalue weighted by atomic mass is 14.7. The number of aromatic nitrogens is 1. The van der Waals surface area contributed by atoms with Crippen molar-refractivity contribution in [3.8, 4) is 0 Å². The number of para-hydroxylation sites is 1. The Labute approximate surface area is 109 Å². The second-order valence-corrected chi connectivity index (χ2v) is 6.59. The summed E-state index contributed by atoms with van der Waals surface area (Å²) in [6.07, 6.45) is 3.61. The molecule has 94 valence electrons. The zero-order valence-electron chi connectivity index (χ0n) is 11.5. The van der Waals surface area contributed by atoms with Crippen LogP contribution in [0.15, 0.2) is 30.3 Å². The van der Waals surface area contributed by atoms with Gasteiger partial charge in [0.05, 0.1) is 5.52 Å². The van der Waals surface area contributed by atoms with Crippen molar-refractivity contribution in [2.24, 2.45) is 11.3 Å². The zero-order chi connectivity index (χ0) is 12.8. The molecule has 18 heavy (non-hydrogen) atoms. The molecule has 0 saturated heterocycles. The molecule has 0 amide bonds. The SMILES string of the molecule is CC(C)(C)[C@H]1CCc2nc3ccccc3cc2C1. The first-order valence-corrected chi connectivity index (χ1v) is 6.91. The van der Waals surface area contributed by atoms with Crippen LogP contribution in [0.4, 0.5) is 0 Å². The maximum atomic E-state index is 4.83. The Kier molecular flexibility index (Phi) is 2.65. The Morgan fingerprint density at radius 3 is 2.72 bits per heavy atom. The van der Waals surface area contributed by atoms with Gasteiger partial charge in [-0.15, -0.1) is 0 Å². The van der Waals surface area contributed by atoms with E-state index in [-0.39, 0.29) is 0 Å². The summed E-state index contributed by atoms with van der Waals surface area (Å²) in [5.74, 6) is 0.785. The normalized spacial score (nSPS) is 19.8. The van der Waals surface area contributed by atoms with E-state index in [2.05, 4.69) is 51.1 Å². The van der Waals surface area contributed by atoms with Crippen LogP contribution >= 0.6 is 0 Å². The van der Waals surface area contributed by atoms with Crippen molar-refractivity contribution < 1.29 is 0 Å². The summed E-state index contributed by atoms with van der Waals surface area (Å²) in [5.41, 5.74) is 4.35. The van der Waals surface area contributed by atoms with Crippen molar-refractivity contribution in [1.29, 1.82) is 0 Å². The molecule has 0 N–H and O–H groups in total. The Balaban J connectivity index is 2.03. The molecule has 1 aromatic heterocycles. The Hall–Kier alpha value is -1.37. The fourth-order valence-electron chi connectivity index (χ4n) is 3.01. The number of fused-ring (bicyclic) bond motifs is 2. The average Bonchev–Trinajstić information content (AvgIpc) is 2.34. The molecule has 1 aliphatic carbocycles. The summed E-state index contributed by atoms with van der Waals surface area (Å²) in [7, 11) is 0. The van der Waals surface area contributed by atoms with Crippen molar-refractivity contribution >= 4 is 10.9 Å². The van der Waals surface area contributed by atoms with Crippen molar-refractivity contribution in [3.05, 3.63) is 41.6 Å². The number of nitrogens with zero attached hydrogens (tertiary/aromatic N) is 1. The highest BCUT2D eigenvalue weighted by molar-refractivity contribution is 5.79. The van der Waals surface area contributed by atoms with Gasteiger partial charge in [0, 0.05) is 11.1 Å². The van der Waals surface area contributed by atoms with Crippen LogP contribution in [0.1, 0.15) is 38.4 Å². The molecule has 1 atom stereocenters. The molecule has 1 heteroatoms. The predicted octanol–water partition coefficient (Wildman–Crippen LogP) is 4.39. The van der Waals surface area contributed by atoms with Gasteiger partial charge in [-0.3, -0.25) is 4.98 Å². The average molecular weight is 239 g/mol. The van der Waals surface area contributed by atoms with Gasteiger partial charge in [0.1, 0.15) is 0 Å². The second-order valence-electron chi connectivity index (χ2n) is 6.59. The van der Waals surface area contributed by atoms with Crippen LogP contribution in [0.2, 0.25) is 0 Å². The molecule has 0 spiro atoms. The van der Waals surface area contributed by atoms with E-state index in [1.54, 1.807) is 0 Å². The summed E-state index contributed by atoms with van der Waals surface area (Å²) in [4.78, 5) is 4.83. The number of aryl methyl sites for hydroxylation is 1. The van der Waals surface area contributed by atoms with E-state index in [9.17, 15) is 0 Å². The van der Waals surface area contributed by atoms with Crippen molar-refractivity contribution in [1.82, 2.24) is 4.98 Å². The molecule has 1 nitrogen and oxygen atoms in total. The fraction of sp³-hybridized carbons (Fsp3) is 0.471. The van der Waals surface area contributed by atoms with Crippen LogP contribution in [0.25, 0.3) is 10.9 Å². The highest BCUT2D eigenvalue weighted by Gasteiger charge is 2.29. The van der Waals surface area contributed by atoms with Crippen LogP contribution in [-0.2, 0) is 12.8 Å². The lowest BCUT2D eigenvalue weighted by Gasteiger charge is -2.34. The summed E-state index contributed by atoms with van der Waals surface area (Å²) < 4.78 is 0. The molecular weight excluding hydrogens is 218 g/mol. The predicted molar refractivity (Wildman–Crippen MR) is 76.7 cm³/mol. The van der Waals surface area contributed by atoms with Gasteiger partial charge < -0.3 is 0 Å². The lowest BCUT2D eigenvalue weighted by atomic mass is 9.71. The summed E-state index contributed by atoms with van der Waals surface area (Å²) in [6, 6.07) is 10.8. The van der Waals surface area contributed by atoms with Gasteiger partial charge in [-0.1, -0.05) is 39.0 Å². The first-order valence-electron chi connectivity index (χ1n) is 6.91. The number of rotatable bonds is 0. The first-order chi connectivity index (χ1) is 8.54. The third-order valence-electron chi connectivity index (χ3n) is 4.31. The molecule has 1 aliphatic rings. The lowest BCUT2D eigenvalue weighted by molar-refractivity contribution is 0.215. The van der Waals surface area contributed by atoms with Crippen LogP contribution in [0, 0.1) is 11.3 Å². The molecule has 2 aromatic rings. The van der Waals surface area contributed by atoms with Gasteiger partial charge in [0.15, 0.2) is 0 Å². The van der Waals surface area contributed by atoms with E-state index in [1.165, 1.54) is 29.5 Å². The van der Waals surface area contributed by atoms with E-state index < -0.39 is 0 Å². The molecule has 1 aromatic carbocycles. The summed E-state index contributed by atoms with van der Waals surface area (Å²) >= 11 is 0. The van der Waals surface area contributed by atoms with Crippen LogP contribution in [0.3, 0.4) is 0 Å². The van der Waals surface area contributed by atoms with Crippen molar-refractivity contribution in [3.63, 3.8) is 0 Å². The van der Waals surface area contributed by atoms with Crippen molar-refractivity contribution in [2.45, 2.75) is 40.0 Å². The standard InChI is InChI=1S/C17H21N/c1-17(2,3)14-8-9-16-13(11-14)10-12-6-4-5-7-15(12)18-16/h4-7,10,14H,8-9,11H2,1-3H3/t14-/m0/s1. The molecule has 0 fully saturated rings. The minimum Gasteiger partial charge on any atom is -0.253 e. The number of benzene rings is 1. The van der Waals surface area contributed by atoms with Crippen LogP contribution < -0.4 is 0 Å². The Morgan fingerprint density at radius 1 is 1.17 bits per heavy atom. The van der Waals surface area contributed by atoms with Gasteiger partial charge in [-0.25, -0.2) is 0 Å². The number of hydrogen-bond acceptors (Lipinski definition) is 1. The maximum Gasteiger partial charge on any atom is 0.0705 e. The summed E-state index contributed by atoms with van der Waals surface area (Å²) in [6.45, 7) is 7.07. The van der Waals surface area contributed by atoms with Gasteiger partial charge in [-0.05, 0) is 48.3 Å². The monoisotopic (exact) mass is 239 g/mol. The smallest absolute Gasteiger partial charge is 0.0705 e. The molecule has 1 heterocycles. The van der Waals surface area contributed by atoms with Gasteiger partial charge in [0.2, 0.25) is 0 Å². The van der Waals surface area contributed by atoms with E-state index in [0.29, 0.717) is 5.41 Å². The molecule has 0 unspecified atom stereocenters. The van der Waals surface area contributed by atoms with E-state index in [1.807, 2.05) is 0 Å². The molecule has 0 radical (unpaired) electrons. The largest absolute Gasteiger partial charge is 0.253 e. The van der Waals surface area contributed by atoms with E-state index in [4.69, 9.17) is 4.98 Å². The van der Waals surface area contributed by atoms with Gasteiger partial charge in [-0.2, -0.15) is 0 Å². The Morgan fingerprint density at radius 2 is 1.94 bits per heavy atom. The molecule has 0 bridgehead atoms. The second kappa shape index (κ2) is 4.08. The minimum atomic E-state index is 0.406. The fourth-order valence-corrected chi connectivity index (χ4v) is 3.01. The zero-order valence-corrected chi connectivity index (χ0v) is 11.5. The molecular formula is C17H21N. The molecule has 0 saturated carbocycles. The Bertz CT molecular complexity index is 578. The first kappa shape index (κ1) is 11.7. The van der Waals surface area contributed by atoms with Gasteiger partial charge >= 0.3 is 0 Å². The van der Waals surface area contributed by atoms with E-state index in [0.717, 1.165) is 17.9 Å².